The Bertz CT molecular complexity index is 707. The first-order valence-electron chi connectivity index (χ1n) is 5.76. The van der Waals surface area contributed by atoms with Gasteiger partial charge in [0.05, 0.1) is 10.7 Å². The van der Waals surface area contributed by atoms with Gasteiger partial charge < -0.3 is 14.2 Å². The number of rotatable bonds is 3. The highest BCUT2D eigenvalue weighted by molar-refractivity contribution is 6.33. The van der Waals surface area contributed by atoms with Gasteiger partial charge in [0.15, 0.2) is 5.65 Å². The Labute approximate surface area is 114 Å². The van der Waals surface area contributed by atoms with Crippen molar-refractivity contribution in [3.63, 3.8) is 0 Å². The fourth-order valence-corrected chi connectivity index (χ4v) is 2.01. The van der Waals surface area contributed by atoms with E-state index in [4.69, 9.17) is 16.3 Å². The first kappa shape index (κ1) is 11.9. The lowest BCUT2D eigenvalue weighted by Gasteiger charge is -2.03. The van der Waals surface area contributed by atoms with Crippen LogP contribution in [0.25, 0.3) is 5.65 Å². The van der Waals surface area contributed by atoms with E-state index in [1.807, 2.05) is 22.9 Å². The van der Waals surface area contributed by atoms with E-state index in [1.54, 1.807) is 30.3 Å². The predicted molar refractivity (Wildman–Crippen MR) is 72.6 cm³/mol. The summed E-state index contributed by atoms with van der Waals surface area (Å²) in [6, 6.07) is 10.2. The summed E-state index contributed by atoms with van der Waals surface area (Å²) in [5.41, 5.74) is 1.51. The number of hydrogen-bond acceptors (Lipinski definition) is 3. The maximum Gasteiger partial charge on any atom is 0.155 e. The molecule has 0 atom stereocenters. The van der Waals surface area contributed by atoms with E-state index in [2.05, 4.69) is 4.98 Å². The maximum absolute atomic E-state index is 9.18. The van der Waals surface area contributed by atoms with Crippen LogP contribution in [-0.4, -0.2) is 14.5 Å². The zero-order chi connectivity index (χ0) is 13.2. The van der Waals surface area contributed by atoms with Gasteiger partial charge in [0.25, 0.3) is 0 Å². The zero-order valence-corrected chi connectivity index (χ0v) is 10.7. The Balaban J connectivity index is 1.78. The van der Waals surface area contributed by atoms with Crippen LogP contribution in [0.15, 0.2) is 48.8 Å². The summed E-state index contributed by atoms with van der Waals surface area (Å²) in [5.74, 6) is 0.896. The fourth-order valence-electron chi connectivity index (χ4n) is 1.80. The van der Waals surface area contributed by atoms with Crippen LogP contribution < -0.4 is 4.74 Å². The van der Waals surface area contributed by atoms with E-state index in [9.17, 15) is 5.11 Å². The molecule has 0 unspecified atom stereocenters. The molecule has 96 valence electrons. The molecule has 0 radical (unpaired) electrons. The molecule has 0 aliphatic heterocycles. The third kappa shape index (κ3) is 2.48. The van der Waals surface area contributed by atoms with Gasteiger partial charge in [0.1, 0.15) is 18.1 Å². The van der Waals surface area contributed by atoms with E-state index in [-0.39, 0.29) is 5.75 Å². The molecular weight excluding hydrogens is 264 g/mol. The second kappa shape index (κ2) is 4.82. The molecule has 0 spiro atoms. The van der Waals surface area contributed by atoms with Crippen LogP contribution in [0.2, 0.25) is 5.02 Å². The number of halogens is 1. The molecule has 0 saturated heterocycles. The highest BCUT2D eigenvalue weighted by Crippen LogP contribution is 2.19. The van der Waals surface area contributed by atoms with E-state index in [1.165, 1.54) is 0 Å². The van der Waals surface area contributed by atoms with Crippen LogP contribution in [-0.2, 0) is 6.61 Å². The lowest BCUT2D eigenvalue weighted by molar-refractivity contribution is 0.301. The first-order chi connectivity index (χ1) is 9.22. The van der Waals surface area contributed by atoms with Gasteiger partial charge in [0.2, 0.25) is 0 Å². The number of benzene rings is 1. The summed E-state index contributed by atoms with van der Waals surface area (Å²) in [4.78, 5) is 4.40. The molecule has 0 aliphatic carbocycles. The highest BCUT2D eigenvalue weighted by Gasteiger charge is 2.05. The molecular formula is C14H11ClN2O2. The van der Waals surface area contributed by atoms with Crippen molar-refractivity contribution in [3.8, 4) is 11.5 Å². The standard InChI is InChI=1S/C14H11ClN2O2/c15-13-2-1-7-17-8-10(16-14(13)17)9-19-12-5-3-11(18)4-6-12/h1-8,18H,9H2. The number of phenols is 1. The fraction of sp³-hybridized carbons (Fsp3) is 0.0714. The molecule has 1 N–H and O–H groups in total. The van der Waals surface area contributed by atoms with Gasteiger partial charge in [-0.25, -0.2) is 4.98 Å². The molecule has 2 aromatic heterocycles. The maximum atomic E-state index is 9.18. The van der Waals surface area contributed by atoms with Crippen LogP contribution in [0.4, 0.5) is 0 Å². The normalized spacial score (nSPS) is 10.8. The Hall–Kier alpha value is -2.20. The van der Waals surface area contributed by atoms with Crippen molar-refractivity contribution in [3.05, 3.63) is 59.5 Å². The molecule has 19 heavy (non-hydrogen) atoms. The molecule has 1 aromatic carbocycles. The molecule has 2 heterocycles. The van der Waals surface area contributed by atoms with Crippen molar-refractivity contribution in [2.45, 2.75) is 6.61 Å². The van der Waals surface area contributed by atoms with Crippen LogP contribution in [0.5, 0.6) is 11.5 Å². The molecule has 0 fully saturated rings. The van der Waals surface area contributed by atoms with E-state index >= 15 is 0 Å². The Morgan fingerprint density at radius 2 is 2.00 bits per heavy atom. The summed E-state index contributed by atoms with van der Waals surface area (Å²) in [6.07, 6.45) is 3.76. The SMILES string of the molecule is Oc1ccc(OCc2cn3cccc(Cl)c3n2)cc1. The average molecular weight is 275 g/mol. The van der Waals surface area contributed by atoms with Gasteiger partial charge in [-0.3, -0.25) is 0 Å². The van der Waals surface area contributed by atoms with Crippen molar-refractivity contribution < 1.29 is 9.84 Å². The van der Waals surface area contributed by atoms with E-state index in [0.717, 1.165) is 5.69 Å². The Morgan fingerprint density at radius 3 is 2.74 bits per heavy atom. The number of nitrogens with zero attached hydrogens (tertiary/aromatic N) is 2. The number of fused-ring (bicyclic) bond motifs is 1. The van der Waals surface area contributed by atoms with Crippen molar-refractivity contribution in [2.75, 3.05) is 0 Å². The second-order valence-corrected chi connectivity index (χ2v) is 4.51. The summed E-state index contributed by atoms with van der Waals surface area (Å²) in [5, 5.41) is 9.79. The molecule has 0 amide bonds. The molecule has 3 rings (SSSR count). The van der Waals surface area contributed by atoms with Crippen LogP contribution in [0.1, 0.15) is 5.69 Å². The smallest absolute Gasteiger partial charge is 0.155 e. The second-order valence-electron chi connectivity index (χ2n) is 4.10. The highest BCUT2D eigenvalue weighted by atomic mass is 35.5. The van der Waals surface area contributed by atoms with Gasteiger partial charge in [-0.2, -0.15) is 0 Å². The number of hydrogen-bond donors (Lipinski definition) is 1. The van der Waals surface area contributed by atoms with Gasteiger partial charge in [-0.1, -0.05) is 11.6 Å². The third-order valence-corrected chi connectivity index (χ3v) is 3.00. The minimum Gasteiger partial charge on any atom is -0.508 e. The van der Waals surface area contributed by atoms with Crippen molar-refractivity contribution >= 4 is 17.2 Å². The molecule has 4 nitrogen and oxygen atoms in total. The van der Waals surface area contributed by atoms with Crippen LogP contribution in [0.3, 0.4) is 0 Å². The number of aromatic nitrogens is 2. The zero-order valence-electron chi connectivity index (χ0n) is 9.95. The third-order valence-electron chi connectivity index (χ3n) is 2.71. The largest absolute Gasteiger partial charge is 0.508 e. The quantitative estimate of drug-likeness (QED) is 0.797. The van der Waals surface area contributed by atoms with Crippen molar-refractivity contribution in [1.29, 1.82) is 0 Å². The summed E-state index contributed by atoms with van der Waals surface area (Å²) in [6.45, 7) is 0.350. The van der Waals surface area contributed by atoms with Crippen molar-refractivity contribution in [1.82, 2.24) is 9.38 Å². The van der Waals surface area contributed by atoms with Gasteiger partial charge >= 0.3 is 0 Å². The number of pyridine rings is 1. The Kier molecular flexibility index (Phi) is 3.01. The van der Waals surface area contributed by atoms with Crippen molar-refractivity contribution in [2.24, 2.45) is 0 Å². The lowest BCUT2D eigenvalue weighted by Crippen LogP contribution is -1.95. The lowest BCUT2D eigenvalue weighted by atomic mass is 10.3. The van der Waals surface area contributed by atoms with Crippen LogP contribution in [0, 0.1) is 0 Å². The minimum atomic E-state index is 0.215. The molecule has 0 saturated carbocycles. The van der Waals surface area contributed by atoms with Gasteiger partial charge in [-0.05, 0) is 36.4 Å². The van der Waals surface area contributed by atoms with Crippen LogP contribution >= 0.6 is 11.6 Å². The molecule has 0 aliphatic rings. The van der Waals surface area contributed by atoms with Gasteiger partial charge in [0, 0.05) is 12.4 Å². The monoisotopic (exact) mass is 274 g/mol. The van der Waals surface area contributed by atoms with E-state index in [0.29, 0.717) is 23.0 Å². The molecule has 0 bridgehead atoms. The predicted octanol–water partition coefficient (Wildman–Crippen LogP) is 3.27. The number of ether oxygens (including phenoxy) is 1. The minimum absolute atomic E-state index is 0.215. The average Bonchev–Trinajstić information content (AvgIpc) is 2.83. The summed E-state index contributed by atoms with van der Waals surface area (Å²) < 4.78 is 7.45. The summed E-state index contributed by atoms with van der Waals surface area (Å²) in [7, 11) is 0. The molecule has 5 heteroatoms. The Morgan fingerprint density at radius 1 is 1.21 bits per heavy atom. The first-order valence-corrected chi connectivity index (χ1v) is 6.14. The number of imidazole rings is 1. The number of aromatic hydroxyl groups is 1. The van der Waals surface area contributed by atoms with Gasteiger partial charge in [-0.15, -0.1) is 0 Å². The summed E-state index contributed by atoms with van der Waals surface area (Å²) >= 11 is 6.05. The van der Waals surface area contributed by atoms with E-state index < -0.39 is 0 Å². The topological polar surface area (TPSA) is 46.8 Å². The molecule has 3 aromatic rings. The number of phenolic OH excluding ortho intramolecular Hbond substituents is 1.